The second kappa shape index (κ2) is 6.29. The van der Waals surface area contributed by atoms with E-state index in [1.54, 1.807) is 32.2 Å². The Balaban J connectivity index is 1.92. The molecule has 122 valence electrons. The molecule has 0 saturated carbocycles. The number of carbonyl (C=O) groups is 2. The lowest BCUT2D eigenvalue weighted by Crippen LogP contribution is -2.26. The van der Waals surface area contributed by atoms with Crippen LogP contribution in [0.2, 0.25) is 0 Å². The molecule has 1 heterocycles. The summed E-state index contributed by atoms with van der Waals surface area (Å²) in [5, 5.41) is 14.2. The molecule has 0 spiro atoms. The van der Waals surface area contributed by atoms with Crippen molar-refractivity contribution in [3.63, 3.8) is 0 Å². The van der Waals surface area contributed by atoms with Crippen molar-refractivity contribution in [3.05, 3.63) is 53.1 Å². The van der Waals surface area contributed by atoms with Gasteiger partial charge in [0.25, 0.3) is 5.91 Å². The van der Waals surface area contributed by atoms with Gasteiger partial charge < -0.3 is 14.6 Å². The number of nitrogens with one attached hydrogen (secondary N) is 1. The highest BCUT2D eigenvalue weighted by Crippen LogP contribution is 2.29. The van der Waals surface area contributed by atoms with Crippen molar-refractivity contribution in [1.29, 1.82) is 0 Å². The van der Waals surface area contributed by atoms with Gasteiger partial charge in [0.2, 0.25) is 0 Å². The standard InChI is InChI=1S/C17H14N2O4S/c1-9-3-5-11(16(21)22)12(7-9)15(20)19-17-18-13-6-4-10(23-2)8-14(13)24-17/h3-8H,1-2H3,(H,21,22)(H,18,19,20)/p-1. The number of carbonyl (C=O) groups excluding carboxylic acids is 2. The third-order valence-electron chi connectivity index (χ3n) is 3.46. The molecular weight excluding hydrogens is 328 g/mol. The average molecular weight is 341 g/mol. The Morgan fingerprint density at radius 3 is 2.67 bits per heavy atom. The number of aryl methyl sites for hydroxylation is 1. The van der Waals surface area contributed by atoms with Gasteiger partial charge in [-0.3, -0.25) is 10.1 Å². The molecule has 2 aromatic carbocycles. The number of aromatic carboxylic acids is 1. The van der Waals surface area contributed by atoms with Crippen molar-refractivity contribution in [2.24, 2.45) is 0 Å². The van der Waals surface area contributed by atoms with Crippen LogP contribution >= 0.6 is 11.3 Å². The molecular formula is C17H13N2O4S-. The number of carboxylic acid groups (broad SMARTS) is 1. The number of nitrogens with zero attached hydrogens (tertiary/aromatic N) is 1. The smallest absolute Gasteiger partial charge is 0.258 e. The van der Waals surface area contributed by atoms with Gasteiger partial charge in [0, 0.05) is 11.1 Å². The molecule has 1 amide bonds. The first kappa shape index (κ1) is 15.9. The third-order valence-corrected chi connectivity index (χ3v) is 4.39. The van der Waals surface area contributed by atoms with Crippen molar-refractivity contribution in [1.82, 2.24) is 4.98 Å². The molecule has 7 heteroatoms. The molecule has 0 aliphatic rings. The lowest BCUT2D eigenvalue weighted by atomic mass is 10.0. The van der Waals surface area contributed by atoms with Crippen molar-refractivity contribution in [3.8, 4) is 5.75 Å². The first-order chi connectivity index (χ1) is 11.5. The van der Waals surface area contributed by atoms with E-state index in [-0.39, 0.29) is 11.1 Å². The van der Waals surface area contributed by atoms with Gasteiger partial charge in [0.15, 0.2) is 5.13 Å². The molecule has 0 unspecified atom stereocenters. The molecule has 1 aromatic heterocycles. The predicted molar refractivity (Wildman–Crippen MR) is 89.6 cm³/mol. The summed E-state index contributed by atoms with van der Waals surface area (Å²) < 4.78 is 6.01. The number of fused-ring (bicyclic) bond motifs is 1. The van der Waals surface area contributed by atoms with Crippen molar-refractivity contribution in [2.45, 2.75) is 6.92 Å². The molecule has 0 radical (unpaired) electrons. The minimum atomic E-state index is -1.39. The van der Waals surface area contributed by atoms with Gasteiger partial charge in [-0.25, -0.2) is 4.98 Å². The van der Waals surface area contributed by atoms with E-state index in [4.69, 9.17) is 4.74 Å². The van der Waals surface area contributed by atoms with E-state index in [0.717, 1.165) is 15.8 Å². The van der Waals surface area contributed by atoms with E-state index in [1.807, 2.05) is 6.07 Å². The van der Waals surface area contributed by atoms with Gasteiger partial charge in [-0.05, 0) is 31.2 Å². The Bertz CT molecular complexity index is 949. The first-order valence-corrected chi connectivity index (χ1v) is 7.87. The maximum absolute atomic E-state index is 12.4. The number of hydrogen-bond acceptors (Lipinski definition) is 6. The first-order valence-electron chi connectivity index (χ1n) is 7.06. The van der Waals surface area contributed by atoms with E-state index in [9.17, 15) is 14.7 Å². The fourth-order valence-corrected chi connectivity index (χ4v) is 3.16. The molecule has 0 bridgehead atoms. The Hall–Kier alpha value is -2.93. The summed E-state index contributed by atoms with van der Waals surface area (Å²) in [4.78, 5) is 27.9. The number of methoxy groups -OCH3 is 1. The second-order valence-corrected chi connectivity index (χ2v) is 6.17. The lowest BCUT2D eigenvalue weighted by molar-refractivity contribution is -0.255. The molecule has 1 N–H and O–H groups in total. The summed E-state index contributed by atoms with van der Waals surface area (Å²) >= 11 is 1.28. The fraction of sp³-hybridized carbons (Fsp3) is 0.118. The molecule has 0 aliphatic carbocycles. The highest BCUT2D eigenvalue weighted by atomic mass is 32.1. The molecule has 0 aliphatic heterocycles. The predicted octanol–water partition coefficient (Wildman–Crippen LogP) is 2.23. The molecule has 0 fully saturated rings. The third kappa shape index (κ3) is 3.07. The molecule has 0 atom stereocenters. The van der Waals surface area contributed by atoms with Gasteiger partial charge in [-0.2, -0.15) is 0 Å². The molecule has 24 heavy (non-hydrogen) atoms. The highest BCUT2D eigenvalue weighted by molar-refractivity contribution is 7.22. The maximum atomic E-state index is 12.4. The van der Waals surface area contributed by atoms with E-state index in [1.165, 1.54) is 23.5 Å². The number of ether oxygens (including phenoxy) is 1. The van der Waals surface area contributed by atoms with Crippen molar-refractivity contribution in [2.75, 3.05) is 12.4 Å². The van der Waals surface area contributed by atoms with Crippen LogP contribution < -0.4 is 15.2 Å². The van der Waals surface area contributed by atoms with Crippen LogP contribution in [0.1, 0.15) is 26.3 Å². The maximum Gasteiger partial charge on any atom is 0.258 e. The van der Waals surface area contributed by atoms with Gasteiger partial charge in [-0.1, -0.05) is 29.0 Å². The Labute approximate surface area is 141 Å². The highest BCUT2D eigenvalue weighted by Gasteiger charge is 2.15. The van der Waals surface area contributed by atoms with Crippen LogP contribution in [0.5, 0.6) is 5.75 Å². The van der Waals surface area contributed by atoms with Gasteiger partial charge in [-0.15, -0.1) is 0 Å². The van der Waals surface area contributed by atoms with Crippen LogP contribution in [-0.4, -0.2) is 24.0 Å². The van der Waals surface area contributed by atoms with Crippen LogP contribution in [0.15, 0.2) is 36.4 Å². The summed E-state index contributed by atoms with van der Waals surface area (Å²) in [6, 6.07) is 9.88. The summed E-state index contributed by atoms with van der Waals surface area (Å²) in [7, 11) is 1.57. The Morgan fingerprint density at radius 2 is 1.96 bits per heavy atom. The largest absolute Gasteiger partial charge is 0.545 e. The number of hydrogen-bond donors (Lipinski definition) is 1. The van der Waals surface area contributed by atoms with Crippen LogP contribution in [0.3, 0.4) is 0 Å². The summed E-state index contributed by atoms with van der Waals surface area (Å²) in [5.74, 6) is -1.24. The van der Waals surface area contributed by atoms with Crippen molar-refractivity contribution < 1.29 is 19.4 Å². The quantitative estimate of drug-likeness (QED) is 0.786. The second-order valence-electron chi connectivity index (χ2n) is 5.14. The number of benzene rings is 2. The fourth-order valence-electron chi connectivity index (χ4n) is 2.27. The summed E-state index contributed by atoms with van der Waals surface area (Å²) in [6.45, 7) is 1.78. The lowest BCUT2D eigenvalue weighted by Gasteiger charge is -2.10. The topological polar surface area (TPSA) is 91.3 Å². The Kier molecular flexibility index (Phi) is 4.18. The average Bonchev–Trinajstić information content (AvgIpc) is 2.95. The molecule has 0 saturated heterocycles. The molecule has 3 aromatic rings. The van der Waals surface area contributed by atoms with Crippen LogP contribution in [-0.2, 0) is 0 Å². The SMILES string of the molecule is COc1ccc2nc(NC(=O)c3cc(C)ccc3C(=O)[O-])sc2c1. The number of carboxylic acids is 1. The zero-order chi connectivity index (χ0) is 17.3. The number of amides is 1. The molecule has 6 nitrogen and oxygen atoms in total. The zero-order valence-electron chi connectivity index (χ0n) is 13.0. The van der Waals surface area contributed by atoms with Crippen LogP contribution in [0.25, 0.3) is 10.2 Å². The minimum Gasteiger partial charge on any atom is -0.545 e. The van der Waals surface area contributed by atoms with E-state index < -0.39 is 11.9 Å². The van der Waals surface area contributed by atoms with E-state index >= 15 is 0 Å². The van der Waals surface area contributed by atoms with Gasteiger partial charge in [0.1, 0.15) is 5.75 Å². The normalized spacial score (nSPS) is 10.6. The summed E-state index contributed by atoms with van der Waals surface area (Å²) in [5.41, 5.74) is 1.40. The van der Waals surface area contributed by atoms with Gasteiger partial charge in [0.05, 0.1) is 23.3 Å². The van der Waals surface area contributed by atoms with E-state index in [0.29, 0.717) is 10.9 Å². The van der Waals surface area contributed by atoms with Crippen molar-refractivity contribution >= 4 is 38.6 Å². The number of rotatable bonds is 4. The Morgan fingerprint density at radius 1 is 1.17 bits per heavy atom. The summed E-state index contributed by atoms with van der Waals surface area (Å²) in [6.07, 6.45) is 0. The number of aromatic nitrogens is 1. The number of anilines is 1. The zero-order valence-corrected chi connectivity index (χ0v) is 13.8. The minimum absolute atomic E-state index is 0.0480. The van der Waals surface area contributed by atoms with E-state index in [2.05, 4.69) is 10.3 Å². The van der Waals surface area contributed by atoms with Crippen LogP contribution in [0, 0.1) is 6.92 Å². The monoisotopic (exact) mass is 341 g/mol. The number of thiazole rings is 1. The molecule has 3 rings (SSSR count). The van der Waals surface area contributed by atoms with Crippen LogP contribution in [0.4, 0.5) is 5.13 Å². The van der Waals surface area contributed by atoms with Gasteiger partial charge >= 0.3 is 0 Å².